The zero-order chi connectivity index (χ0) is 7.28. The first kappa shape index (κ1) is 9.21. The van der Waals surface area contributed by atoms with Crippen LogP contribution in [0.3, 0.4) is 0 Å². The highest BCUT2D eigenvalue weighted by Crippen LogP contribution is 2.02. The molecule has 0 spiro atoms. The van der Waals surface area contributed by atoms with E-state index in [9.17, 15) is 0 Å². The van der Waals surface area contributed by atoms with Crippen LogP contribution >= 0.6 is 11.6 Å². The third-order valence-corrected chi connectivity index (χ3v) is 1.98. The molecule has 0 saturated heterocycles. The van der Waals surface area contributed by atoms with Crippen LogP contribution in [-0.4, -0.2) is 28.8 Å². The summed E-state index contributed by atoms with van der Waals surface area (Å²) in [4.78, 5) is 0. The number of ether oxygens (including phenoxy) is 1. The first-order chi connectivity index (χ1) is 4.22. The molecule has 0 saturated carbocycles. The van der Waals surface area contributed by atoms with Gasteiger partial charge < -0.3 is 4.74 Å². The molecule has 1 atom stereocenters. The molecular formula is C6H13ClOSi. The largest absolute Gasteiger partial charge is 0.373 e. The molecule has 54 valence electrons. The third kappa shape index (κ3) is 3.73. The van der Waals surface area contributed by atoms with E-state index in [4.69, 9.17) is 16.3 Å². The van der Waals surface area contributed by atoms with Gasteiger partial charge in [-0.05, 0) is 6.92 Å². The minimum Gasteiger partial charge on any atom is -0.373 e. The van der Waals surface area contributed by atoms with Gasteiger partial charge in [-0.1, -0.05) is 5.20 Å². The van der Waals surface area contributed by atoms with Gasteiger partial charge in [-0.2, -0.15) is 0 Å². The summed E-state index contributed by atoms with van der Waals surface area (Å²) in [5, 5.41) is 1.13. The Morgan fingerprint density at radius 2 is 2.44 bits per heavy atom. The number of hydrogen-bond acceptors (Lipinski definition) is 1. The van der Waals surface area contributed by atoms with Gasteiger partial charge in [0.1, 0.15) is 0 Å². The molecule has 0 amide bonds. The molecule has 0 aliphatic carbocycles. The monoisotopic (exact) mass is 164 g/mol. The van der Waals surface area contributed by atoms with E-state index in [0.29, 0.717) is 5.88 Å². The topological polar surface area (TPSA) is 9.23 Å². The number of hydrogen-bond donors (Lipinski definition) is 0. The summed E-state index contributed by atoms with van der Waals surface area (Å²) in [6, 6.07) is 0. The fraction of sp³-hybridized carbons (Fsp3) is 0.667. The lowest BCUT2D eigenvalue weighted by molar-refractivity contribution is 0.109. The molecule has 0 heterocycles. The van der Waals surface area contributed by atoms with Crippen LogP contribution in [0.5, 0.6) is 0 Å². The van der Waals surface area contributed by atoms with Crippen molar-refractivity contribution in [2.45, 2.75) is 13.0 Å². The van der Waals surface area contributed by atoms with Crippen molar-refractivity contribution in [3.8, 4) is 0 Å². The number of rotatable bonds is 4. The Bertz CT molecular complexity index is 95.1. The average molecular weight is 165 g/mol. The zero-order valence-electron chi connectivity index (χ0n) is 5.98. The van der Waals surface area contributed by atoms with E-state index in [-0.39, 0.29) is 6.10 Å². The van der Waals surface area contributed by atoms with Crippen LogP contribution in [0.2, 0.25) is 0 Å². The molecule has 0 bridgehead atoms. The Balaban J connectivity index is 3.54. The van der Waals surface area contributed by atoms with Gasteiger partial charge in [0.25, 0.3) is 0 Å². The highest BCUT2D eigenvalue weighted by Gasteiger charge is 2.04. The SMILES string of the molecule is C=C([SiH3])C(CCl)OCC. The van der Waals surface area contributed by atoms with Crippen LogP contribution in [-0.2, 0) is 4.74 Å². The van der Waals surface area contributed by atoms with Crippen molar-refractivity contribution in [2.24, 2.45) is 0 Å². The minimum absolute atomic E-state index is 0.100. The van der Waals surface area contributed by atoms with Crippen molar-refractivity contribution in [3.63, 3.8) is 0 Å². The Labute approximate surface area is 64.5 Å². The second-order valence-electron chi connectivity index (χ2n) is 1.94. The number of halogens is 1. The predicted molar refractivity (Wildman–Crippen MR) is 45.2 cm³/mol. The van der Waals surface area contributed by atoms with Gasteiger partial charge in [0, 0.05) is 16.8 Å². The van der Waals surface area contributed by atoms with Crippen LogP contribution < -0.4 is 0 Å². The summed E-state index contributed by atoms with van der Waals surface area (Å²) in [5.41, 5.74) is 0. The second kappa shape index (κ2) is 5.03. The molecule has 0 radical (unpaired) electrons. The smallest absolute Gasteiger partial charge is 0.0873 e. The molecule has 0 aliphatic rings. The van der Waals surface area contributed by atoms with Gasteiger partial charge in [-0.25, -0.2) is 0 Å². The van der Waals surface area contributed by atoms with Gasteiger partial charge >= 0.3 is 0 Å². The van der Waals surface area contributed by atoms with Crippen LogP contribution in [0.15, 0.2) is 11.8 Å². The summed E-state index contributed by atoms with van der Waals surface area (Å²) in [7, 11) is 0.972. The minimum atomic E-state index is 0.100. The van der Waals surface area contributed by atoms with Crippen molar-refractivity contribution >= 4 is 21.8 Å². The van der Waals surface area contributed by atoms with Crippen LogP contribution in [0.1, 0.15) is 6.92 Å². The van der Waals surface area contributed by atoms with E-state index in [1.165, 1.54) is 0 Å². The van der Waals surface area contributed by atoms with E-state index in [1.54, 1.807) is 0 Å². The van der Waals surface area contributed by atoms with E-state index < -0.39 is 0 Å². The quantitative estimate of drug-likeness (QED) is 0.435. The normalized spacial score (nSPS) is 13.6. The van der Waals surface area contributed by atoms with Gasteiger partial charge in [0.15, 0.2) is 0 Å². The maximum absolute atomic E-state index is 5.58. The van der Waals surface area contributed by atoms with Crippen LogP contribution in [0.4, 0.5) is 0 Å². The van der Waals surface area contributed by atoms with Crippen molar-refractivity contribution in [1.82, 2.24) is 0 Å². The van der Waals surface area contributed by atoms with Crippen molar-refractivity contribution in [2.75, 3.05) is 12.5 Å². The lowest BCUT2D eigenvalue weighted by Crippen LogP contribution is -2.16. The second-order valence-corrected chi connectivity index (χ2v) is 3.54. The van der Waals surface area contributed by atoms with Gasteiger partial charge in [0.2, 0.25) is 0 Å². The molecule has 9 heavy (non-hydrogen) atoms. The Kier molecular flexibility index (Phi) is 5.14. The van der Waals surface area contributed by atoms with Gasteiger partial charge in [-0.3, -0.25) is 0 Å². The predicted octanol–water partition coefficient (Wildman–Crippen LogP) is 0.509. The summed E-state index contributed by atoms with van der Waals surface area (Å²) in [6.45, 7) is 6.48. The molecule has 0 aliphatic heterocycles. The number of alkyl halides is 1. The van der Waals surface area contributed by atoms with E-state index >= 15 is 0 Å². The Morgan fingerprint density at radius 3 is 2.56 bits per heavy atom. The molecule has 1 unspecified atom stereocenters. The fourth-order valence-corrected chi connectivity index (χ4v) is 1.50. The fourth-order valence-electron chi connectivity index (χ4n) is 0.520. The first-order valence-electron chi connectivity index (χ1n) is 3.05. The van der Waals surface area contributed by atoms with Gasteiger partial charge in [0.05, 0.1) is 12.0 Å². The molecule has 0 N–H and O–H groups in total. The highest BCUT2D eigenvalue weighted by atomic mass is 35.5. The molecular weight excluding hydrogens is 152 g/mol. The summed E-state index contributed by atoms with van der Waals surface area (Å²) < 4.78 is 5.26. The zero-order valence-corrected chi connectivity index (χ0v) is 8.74. The lowest BCUT2D eigenvalue weighted by Gasteiger charge is -2.12. The van der Waals surface area contributed by atoms with E-state index in [2.05, 4.69) is 6.58 Å². The lowest BCUT2D eigenvalue weighted by atomic mass is 10.4. The molecule has 0 rings (SSSR count). The molecule has 0 aromatic heterocycles. The maximum Gasteiger partial charge on any atom is 0.0873 e. The van der Waals surface area contributed by atoms with Crippen molar-refractivity contribution < 1.29 is 4.74 Å². The highest BCUT2D eigenvalue weighted by molar-refractivity contribution is 6.24. The standard InChI is InChI=1S/C6H13ClOSi/c1-3-8-6(4-7)5(2)9/h6H,2-4H2,1,9H3. The molecule has 1 nitrogen and oxygen atoms in total. The third-order valence-electron chi connectivity index (χ3n) is 1.06. The van der Waals surface area contributed by atoms with E-state index in [1.807, 2.05) is 6.92 Å². The van der Waals surface area contributed by atoms with Gasteiger partial charge in [-0.15, -0.1) is 18.2 Å². The Morgan fingerprint density at radius 1 is 1.89 bits per heavy atom. The van der Waals surface area contributed by atoms with Crippen molar-refractivity contribution in [1.29, 1.82) is 0 Å². The Hall–Kier alpha value is 0.207. The summed E-state index contributed by atoms with van der Waals surface area (Å²) in [5.74, 6) is 0.538. The molecule has 0 fully saturated rings. The summed E-state index contributed by atoms with van der Waals surface area (Å²) >= 11 is 5.58. The molecule has 0 aromatic carbocycles. The maximum atomic E-state index is 5.58. The van der Waals surface area contributed by atoms with Crippen molar-refractivity contribution in [3.05, 3.63) is 11.8 Å². The van der Waals surface area contributed by atoms with Crippen LogP contribution in [0.25, 0.3) is 0 Å². The van der Waals surface area contributed by atoms with E-state index in [0.717, 1.165) is 22.0 Å². The molecule has 3 heteroatoms. The van der Waals surface area contributed by atoms with Crippen LogP contribution in [0, 0.1) is 0 Å². The average Bonchev–Trinajstić information content (AvgIpc) is 1.82. The first-order valence-corrected chi connectivity index (χ1v) is 4.58. The molecule has 0 aromatic rings. The summed E-state index contributed by atoms with van der Waals surface area (Å²) in [6.07, 6.45) is 0.100.